The van der Waals surface area contributed by atoms with E-state index >= 15 is 0 Å². The number of benzene rings is 1. The average molecular weight is 415 g/mol. The summed E-state index contributed by atoms with van der Waals surface area (Å²) in [4.78, 5) is 4.70. The van der Waals surface area contributed by atoms with E-state index in [2.05, 4.69) is 35.4 Å². The molecule has 2 N–H and O–H groups in total. The van der Waals surface area contributed by atoms with Crippen molar-refractivity contribution < 1.29 is 8.42 Å². The number of hydrogen-bond donors (Lipinski definition) is 1. The van der Waals surface area contributed by atoms with Crippen LogP contribution in [-0.2, 0) is 16.3 Å². The highest BCUT2D eigenvalue weighted by Gasteiger charge is 2.57. The van der Waals surface area contributed by atoms with Crippen molar-refractivity contribution in [1.29, 1.82) is 0 Å². The molecule has 0 bridgehead atoms. The molecular formula is C22H26N2O2S2. The fourth-order valence-corrected chi connectivity index (χ4v) is 7.06. The predicted molar refractivity (Wildman–Crippen MR) is 118 cm³/mol. The zero-order chi connectivity index (χ0) is 20.3. The fraction of sp³-hybridized carbons (Fsp3) is 0.500. The highest BCUT2D eigenvalue weighted by molar-refractivity contribution is 7.93. The second kappa shape index (κ2) is 6.33. The third-order valence-corrected chi connectivity index (χ3v) is 10.1. The molecule has 6 heteroatoms. The SMILES string of the molecule is CC#Cc1ccc2scc(C[C@H]3CC3[C@]3(C)CS(=O)(=O)C(C)(C)C(N)=N3)c2c1. The van der Waals surface area contributed by atoms with E-state index in [0.717, 1.165) is 18.4 Å². The predicted octanol–water partition coefficient (Wildman–Crippen LogP) is 3.77. The standard InChI is InChI=1S/C22H26N2O2S2/c1-5-6-14-7-8-19-17(9-14)16(12-27-19)10-15-11-18(15)22(4)13-28(25,26)21(2,3)20(23)24-22/h7-9,12,15,18H,10-11,13H2,1-4H3,(H2,23,24)/t15-,18?,22-/m0/s1. The zero-order valence-corrected chi connectivity index (χ0v) is 18.4. The first kappa shape index (κ1) is 19.5. The molecule has 1 saturated carbocycles. The molecule has 2 aromatic rings. The second-order valence-corrected chi connectivity index (χ2v) is 12.2. The average Bonchev–Trinajstić information content (AvgIpc) is 3.28. The Morgan fingerprint density at radius 1 is 1.32 bits per heavy atom. The largest absolute Gasteiger partial charge is 0.386 e. The van der Waals surface area contributed by atoms with Crippen LogP contribution in [0.2, 0.25) is 0 Å². The summed E-state index contributed by atoms with van der Waals surface area (Å²) in [6, 6.07) is 6.36. The van der Waals surface area contributed by atoms with Gasteiger partial charge in [-0.25, -0.2) is 8.42 Å². The van der Waals surface area contributed by atoms with Gasteiger partial charge in [0.2, 0.25) is 0 Å². The lowest BCUT2D eigenvalue weighted by molar-refractivity contribution is 0.411. The van der Waals surface area contributed by atoms with Crippen LogP contribution in [0, 0.1) is 23.7 Å². The van der Waals surface area contributed by atoms with Gasteiger partial charge in [-0.15, -0.1) is 17.3 Å². The summed E-state index contributed by atoms with van der Waals surface area (Å²) in [7, 11) is -3.32. The van der Waals surface area contributed by atoms with E-state index in [0.29, 0.717) is 5.92 Å². The third-order valence-electron chi connectivity index (χ3n) is 6.38. The number of thiophene rings is 1. The molecule has 1 aromatic heterocycles. The number of fused-ring (bicyclic) bond motifs is 1. The minimum absolute atomic E-state index is 0.0789. The van der Waals surface area contributed by atoms with Crippen LogP contribution in [-0.4, -0.2) is 30.3 Å². The molecule has 1 fully saturated rings. The Labute approximate surface area is 171 Å². The molecule has 3 atom stereocenters. The van der Waals surface area contributed by atoms with Crippen LogP contribution >= 0.6 is 11.3 Å². The lowest BCUT2D eigenvalue weighted by Gasteiger charge is -2.38. The number of nitrogens with two attached hydrogens (primary N) is 1. The Morgan fingerprint density at radius 3 is 2.75 bits per heavy atom. The Kier molecular flexibility index (Phi) is 4.40. The molecule has 148 valence electrons. The first-order chi connectivity index (χ1) is 13.1. The molecule has 2 aliphatic rings. The minimum atomic E-state index is -3.32. The van der Waals surface area contributed by atoms with E-state index in [1.54, 1.807) is 25.2 Å². The molecule has 1 aliphatic carbocycles. The number of amidine groups is 1. The van der Waals surface area contributed by atoms with Crippen molar-refractivity contribution in [2.24, 2.45) is 22.6 Å². The lowest BCUT2D eigenvalue weighted by Crippen LogP contribution is -2.56. The van der Waals surface area contributed by atoms with Gasteiger partial charge < -0.3 is 5.73 Å². The van der Waals surface area contributed by atoms with Gasteiger partial charge in [0.15, 0.2) is 9.84 Å². The van der Waals surface area contributed by atoms with Crippen LogP contribution < -0.4 is 5.73 Å². The van der Waals surface area contributed by atoms with Crippen LogP contribution in [0.1, 0.15) is 45.2 Å². The molecule has 0 spiro atoms. The van der Waals surface area contributed by atoms with E-state index in [4.69, 9.17) is 10.7 Å². The molecule has 1 aromatic carbocycles. The number of nitrogens with zero attached hydrogens (tertiary/aromatic N) is 1. The summed E-state index contributed by atoms with van der Waals surface area (Å²) in [5, 5.41) is 3.49. The van der Waals surface area contributed by atoms with Crippen LogP contribution in [0.15, 0.2) is 28.6 Å². The Bertz CT molecular complexity index is 1150. The first-order valence-electron chi connectivity index (χ1n) is 9.58. The molecule has 2 heterocycles. The molecule has 4 rings (SSSR count). The van der Waals surface area contributed by atoms with E-state index in [1.807, 2.05) is 13.8 Å². The van der Waals surface area contributed by atoms with Crippen molar-refractivity contribution in [3.8, 4) is 11.8 Å². The summed E-state index contributed by atoms with van der Waals surface area (Å²) >= 11 is 1.75. The molecule has 1 unspecified atom stereocenters. The highest BCUT2D eigenvalue weighted by atomic mass is 32.2. The number of aliphatic imine (C=N–C) groups is 1. The Hall–Kier alpha value is -1.84. The van der Waals surface area contributed by atoms with Crippen LogP contribution in [0.3, 0.4) is 0 Å². The fourth-order valence-electron chi connectivity index (χ4n) is 4.34. The highest BCUT2D eigenvalue weighted by Crippen LogP contribution is 2.53. The van der Waals surface area contributed by atoms with Crippen LogP contribution in [0.5, 0.6) is 0 Å². The van der Waals surface area contributed by atoms with E-state index in [1.165, 1.54) is 15.6 Å². The summed E-state index contributed by atoms with van der Waals surface area (Å²) < 4.78 is 25.8. The van der Waals surface area contributed by atoms with Crippen LogP contribution in [0.4, 0.5) is 0 Å². The van der Waals surface area contributed by atoms with Crippen LogP contribution in [0.25, 0.3) is 10.1 Å². The van der Waals surface area contributed by atoms with Gasteiger partial charge in [-0.3, -0.25) is 4.99 Å². The molecule has 4 nitrogen and oxygen atoms in total. The van der Waals surface area contributed by atoms with Crippen molar-refractivity contribution in [3.05, 3.63) is 34.7 Å². The third kappa shape index (κ3) is 3.05. The number of rotatable bonds is 3. The minimum Gasteiger partial charge on any atom is -0.386 e. The molecule has 0 saturated heterocycles. The van der Waals surface area contributed by atoms with Crippen molar-refractivity contribution in [2.45, 2.75) is 50.8 Å². The topological polar surface area (TPSA) is 72.5 Å². The maximum atomic E-state index is 12.8. The van der Waals surface area contributed by atoms with Gasteiger partial charge in [-0.2, -0.15) is 0 Å². The summed E-state index contributed by atoms with van der Waals surface area (Å²) in [5.41, 5.74) is 7.83. The quantitative estimate of drug-likeness (QED) is 0.777. The monoisotopic (exact) mass is 414 g/mol. The van der Waals surface area contributed by atoms with E-state index < -0.39 is 20.1 Å². The van der Waals surface area contributed by atoms with Crippen molar-refractivity contribution >= 4 is 37.1 Å². The van der Waals surface area contributed by atoms with Gasteiger partial charge in [0, 0.05) is 10.3 Å². The molecule has 0 amide bonds. The van der Waals surface area contributed by atoms with Gasteiger partial charge in [0.25, 0.3) is 0 Å². The Morgan fingerprint density at radius 2 is 2.07 bits per heavy atom. The molecule has 28 heavy (non-hydrogen) atoms. The van der Waals surface area contributed by atoms with Gasteiger partial charge in [-0.1, -0.05) is 5.92 Å². The summed E-state index contributed by atoms with van der Waals surface area (Å²) in [5.74, 6) is 7.11. The van der Waals surface area contributed by atoms with Gasteiger partial charge in [-0.05, 0) is 86.9 Å². The zero-order valence-electron chi connectivity index (χ0n) is 16.7. The molecular weight excluding hydrogens is 388 g/mol. The number of hydrogen-bond acceptors (Lipinski definition) is 5. The number of sulfone groups is 1. The maximum absolute atomic E-state index is 12.8. The van der Waals surface area contributed by atoms with Crippen molar-refractivity contribution in [2.75, 3.05) is 5.75 Å². The van der Waals surface area contributed by atoms with Gasteiger partial charge >= 0.3 is 0 Å². The van der Waals surface area contributed by atoms with Crippen molar-refractivity contribution in [1.82, 2.24) is 0 Å². The Balaban J connectivity index is 1.58. The van der Waals surface area contributed by atoms with Gasteiger partial charge in [0.05, 0.1) is 11.3 Å². The summed E-state index contributed by atoms with van der Waals surface area (Å²) in [6.45, 7) is 7.11. The normalized spacial score (nSPS) is 30.4. The van der Waals surface area contributed by atoms with E-state index in [-0.39, 0.29) is 17.5 Å². The first-order valence-corrected chi connectivity index (χ1v) is 12.1. The van der Waals surface area contributed by atoms with Gasteiger partial charge in [0.1, 0.15) is 10.6 Å². The molecule has 1 aliphatic heterocycles. The van der Waals surface area contributed by atoms with E-state index in [9.17, 15) is 8.42 Å². The summed E-state index contributed by atoms with van der Waals surface area (Å²) in [6.07, 6.45) is 1.94. The maximum Gasteiger partial charge on any atom is 0.165 e. The lowest BCUT2D eigenvalue weighted by atomic mass is 9.94. The second-order valence-electron chi connectivity index (χ2n) is 8.78. The van der Waals surface area contributed by atoms with Crippen molar-refractivity contribution in [3.63, 3.8) is 0 Å². The smallest absolute Gasteiger partial charge is 0.165 e. The molecule has 0 radical (unpaired) electrons.